The van der Waals surface area contributed by atoms with Crippen LogP contribution in [0.1, 0.15) is 476 Å². The van der Waals surface area contributed by atoms with E-state index in [1.165, 1.54) is 392 Å². The molecule has 0 aliphatic heterocycles. The Balaban J connectivity index is 3.34. The molecule has 0 saturated heterocycles. The Morgan fingerprint density at radius 1 is 0.304 bits per heavy atom. The summed E-state index contributed by atoms with van der Waals surface area (Å²) in [4.78, 5) is 24.6. The number of allylic oxidation sites excluding steroid dienone is 6. The van der Waals surface area contributed by atoms with Gasteiger partial charge in [-0.3, -0.25) is 9.59 Å². The second kappa shape index (κ2) is 81.5. The zero-order valence-corrected chi connectivity index (χ0v) is 62.6. The molecule has 544 valence electrons. The van der Waals surface area contributed by atoms with Crippen molar-refractivity contribution in [3.63, 3.8) is 0 Å². The predicted molar refractivity (Wildman–Crippen MR) is 407 cm³/mol. The summed E-state index contributed by atoms with van der Waals surface area (Å²) in [7, 11) is 0. The molecule has 0 heterocycles. The zero-order valence-electron chi connectivity index (χ0n) is 62.6. The summed E-state index contributed by atoms with van der Waals surface area (Å²) in [5.74, 6) is -0.0182. The monoisotopic (exact) mass is 1290 g/mol. The van der Waals surface area contributed by atoms with Gasteiger partial charge in [-0.05, 0) is 77.0 Å². The molecule has 0 fully saturated rings. The van der Waals surface area contributed by atoms with Gasteiger partial charge in [-0.2, -0.15) is 0 Å². The Hall–Kier alpha value is -1.92. The van der Waals surface area contributed by atoms with Crippen LogP contribution in [0, 0.1) is 0 Å². The van der Waals surface area contributed by atoms with E-state index in [2.05, 4.69) is 55.6 Å². The number of hydrogen-bond donors (Lipinski definition) is 3. The van der Waals surface area contributed by atoms with Crippen molar-refractivity contribution in [3.05, 3.63) is 36.5 Å². The zero-order chi connectivity index (χ0) is 66.3. The molecule has 0 saturated carbocycles. The lowest BCUT2D eigenvalue weighted by atomic mass is 10.0. The molecule has 0 bridgehead atoms. The van der Waals surface area contributed by atoms with Crippen molar-refractivity contribution >= 4 is 11.9 Å². The summed E-state index contributed by atoms with van der Waals surface area (Å²) in [5, 5.41) is 23.5. The highest BCUT2D eigenvalue weighted by Gasteiger charge is 2.20. The Bertz CT molecular complexity index is 1490. The maximum Gasteiger partial charge on any atom is 0.305 e. The van der Waals surface area contributed by atoms with Crippen molar-refractivity contribution in [2.24, 2.45) is 0 Å². The minimum Gasteiger partial charge on any atom is -0.466 e. The first-order chi connectivity index (χ1) is 45.5. The smallest absolute Gasteiger partial charge is 0.305 e. The van der Waals surface area contributed by atoms with Crippen molar-refractivity contribution in [2.45, 2.75) is 488 Å². The summed E-state index contributed by atoms with van der Waals surface area (Å²) in [6.45, 7) is 4.94. The molecule has 0 aliphatic rings. The van der Waals surface area contributed by atoms with Gasteiger partial charge in [0.15, 0.2) is 0 Å². The minimum atomic E-state index is -0.663. The van der Waals surface area contributed by atoms with E-state index in [9.17, 15) is 19.8 Å². The number of carbonyl (C=O) groups is 2. The minimum absolute atomic E-state index is 0.00673. The van der Waals surface area contributed by atoms with E-state index in [1.54, 1.807) is 0 Å². The molecule has 0 spiro atoms. The van der Waals surface area contributed by atoms with Crippen LogP contribution in [0.2, 0.25) is 0 Å². The van der Waals surface area contributed by atoms with Crippen LogP contribution < -0.4 is 5.32 Å². The fourth-order valence-corrected chi connectivity index (χ4v) is 13.5. The number of rotatable bonds is 80. The molecular formula is C86H165NO5. The van der Waals surface area contributed by atoms with E-state index >= 15 is 0 Å². The standard InChI is InChI=1S/C86H165NO5/c1-3-5-7-9-11-13-15-17-18-19-20-21-22-36-39-42-45-48-51-55-58-62-66-70-74-78-84(89)83(82-88)87-85(90)79-75-71-67-63-59-56-52-49-46-43-40-37-34-32-30-28-26-24-23-25-27-29-31-33-35-38-41-44-47-50-53-57-61-65-69-73-77-81-92-86(91)80-76-72-68-64-60-54-16-14-12-10-8-6-4-2/h8,10,14,16,23,25,83-84,88-89H,3-7,9,11-13,15,17-22,24,26-82H2,1-2H3,(H,87,90)/b10-8-,16-14-,25-23-. The number of carbonyl (C=O) groups excluding carboxylic acids is 2. The number of aliphatic hydroxyl groups excluding tert-OH is 2. The van der Waals surface area contributed by atoms with Crippen LogP contribution in [0.3, 0.4) is 0 Å². The van der Waals surface area contributed by atoms with Gasteiger partial charge in [0.1, 0.15) is 0 Å². The Labute approximate surface area is 576 Å². The number of aliphatic hydroxyl groups is 2. The van der Waals surface area contributed by atoms with Crippen LogP contribution in [-0.4, -0.2) is 47.4 Å². The topological polar surface area (TPSA) is 95.9 Å². The fourth-order valence-electron chi connectivity index (χ4n) is 13.5. The third-order valence-corrected chi connectivity index (χ3v) is 19.9. The maximum atomic E-state index is 12.6. The Morgan fingerprint density at radius 3 is 0.880 bits per heavy atom. The molecule has 0 aromatic heterocycles. The van der Waals surface area contributed by atoms with Crippen LogP contribution in [-0.2, 0) is 14.3 Å². The molecule has 0 rings (SSSR count). The number of amides is 1. The van der Waals surface area contributed by atoms with Gasteiger partial charge in [0.2, 0.25) is 5.91 Å². The van der Waals surface area contributed by atoms with Gasteiger partial charge in [-0.25, -0.2) is 0 Å². The number of ether oxygens (including phenoxy) is 1. The summed E-state index contributed by atoms with van der Waals surface area (Å²) < 4.78 is 5.48. The summed E-state index contributed by atoms with van der Waals surface area (Å²) in [6, 6.07) is -0.540. The summed E-state index contributed by atoms with van der Waals surface area (Å²) in [6.07, 6.45) is 107. The molecule has 1 amide bonds. The van der Waals surface area contributed by atoms with Crippen LogP contribution in [0.4, 0.5) is 0 Å². The molecule has 0 aromatic rings. The van der Waals surface area contributed by atoms with E-state index < -0.39 is 12.1 Å². The first-order valence-corrected chi connectivity index (χ1v) is 42.2. The molecule has 3 N–H and O–H groups in total. The molecule has 0 aliphatic carbocycles. The molecule has 2 atom stereocenters. The van der Waals surface area contributed by atoms with Crippen LogP contribution in [0.25, 0.3) is 0 Å². The lowest BCUT2D eigenvalue weighted by Crippen LogP contribution is -2.45. The highest BCUT2D eigenvalue weighted by atomic mass is 16.5. The van der Waals surface area contributed by atoms with Gasteiger partial charge in [0.25, 0.3) is 0 Å². The number of nitrogens with one attached hydrogen (secondary N) is 1. The van der Waals surface area contributed by atoms with E-state index in [4.69, 9.17) is 4.74 Å². The first-order valence-electron chi connectivity index (χ1n) is 42.2. The average Bonchev–Trinajstić information content (AvgIpc) is 3.55. The van der Waals surface area contributed by atoms with Crippen molar-refractivity contribution in [1.29, 1.82) is 0 Å². The normalized spacial score (nSPS) is 12.6. The van der Waals surface area contributed by atoms with Crippen LogP contribution in [0.5, 0.6) is 0 Å². The van der Waals surface area contributed by atoms with E-state index in [0.717, 1.165) is 51.4 Å². The Kier molecular flexibility index (Phi) is 79.8. The van der Waals surface area contributed by atoms with Crippen molar-refractivity contribution in [2.75, 3.05) is 13.2 Å². The Morgan fingerprint density at radius 2 is 0.565 bits per heavy atom. The highest BCUT2D eigenvalue weighted by Crippen LogP contribution is 2.21. The quantitative estimate of drug-likeness (QED) is 0.0320. The number of hydrogen-bond acceptors (Lipinski definition) is 5. The largest absolute Gasteiger partial charge is 0.466 e. The van der Waals surface area contributed by atoms with Crippen molar-refractivity contribution in [3.8, 4) is 0 Å². The predicted octanol–water partition coefficient (Wildman–Crippen LogP) is 28.2. The van der Waals surface area contributed by atoms with Crippen LogP contribution in [0.15, 0.2) is 36.5 Å². The van der Waals surface area contributed by atoms with E-state index in [0.29, 0.717) is 25.9 Å². The lowest BCUT2D eigenvalue weighted by Gasteiger charge is -2.22. The molecule has 2 unspecified atom stereocenters. The maximum absolute atomic E-state index is 12.6. The molecular weight excluding hydrogens is 1130 g/mol. The molecule has 0 radical (unpaired) electrons. The molecule has 92 heavy (non-hydrogen) atoms. The number of esters is 1. The second-order valence-electron chi connectivity index (χ2n) is 29.2. The third kappa shape index (κ3) is 77.1. The SMILES string of the molecule is CCC/C=C\C/C=C\CCCCCCCC(=O)OCCCCCCCCCCCCCCCCCC/C=C\CCCCCCCCCCCCCCCCCCCC(=O)NC(CO)C(O)CCCCCCCCCCCCCCCCCCCCCCCCCCC. The van der Waals surface area contributed by atoms with Gasteiger partial charge in [-0.15, -0.1) is 0 Å². The first kappa shape index (κ1) is 90.1. The second-order valence-corrected chi connectivity index (χ2v) is 29.2. The van der Waals surface area contributed by atoms with Gasteiger partial charge in [-0.1, -0.05) is 423 Å². The summed E-state index contributed by atoms with van der Waals surface area (Å²) >= 11 is 0. The van der Waals surface area contributed by atoms with Gasteiger partial charge < -0.3 is 20.3 Å². The van der Waals surface area contributed by atoms with Gasteiger partial charge >= 0.3 is 5.97 Å². The molecule has 0 aromatic carbocycles. The van der Waals surface area contributed by atoms with Crippen molar-refractivity contribution in [1.82, 2.24) is 5.32 Å². The third-order valence-electron chi connectivity index (χ3n) is 19.9. The lowest BCUT2D eigenvalue weighted by molar-refractivity contribution is -0.143. The fraction of sp³-hybridized carbons (Fsp3) is 0.907. The molecule has 6 nitrogen and oxygen atoms in total. The molecule has 6 heteroatoms. The van der Waals surface area contributed by atoms with E-state index in [1.807, 2.05) is 0 Å². The average molecular weight is 1290 g/mol. The summed E-state index contributed by atoms with van der Waals surface area (Å²) in [5.41, 5.74) is 0. The van der Waals surface area contributed by atoms with Gasteiger partial charge in [0.05, 0.1) is 25.4 Å². The van der Waals surface area contributed by atoms with Crippen LogP contribution >= 0.6 is 0 Å². The number of unbranched alkanes of at least 4 members (excludes halogenated alkanes) is 63. The highest BCUT2D eigenvalue weighted by molar-refractivity contribution is 5.76. The van der Waals surface area contributed by atoms with Crippen molar-refractivity contribution < 1.29 is 24.5 Å². The van der Waals surface area contributed by atoms with Gasteiger partial charge in [0, 0.05) is 12.8 Å². The van der Waals surface area contributed by atoms with E-state index in [-0.39, 0.29) is 18.5 Å².